The molecule has 0 saturated carbocycles. The van der Waals surface area contributed by atoms with Gasteiger partial charge < -0.3 is 9.80 Å². The second-order valence-corrected chi connectivity index (χ2v) is 6.25. The van der Waals surface area contributed by atoms with Crippen LogP contribution < -0.4 is 0 Å². The predicted octanol–water partition coefficient (Wildman–Crippen LogP) is 1.32. The molecular weight excluding hydrogens is 318 g/mol. The van der Waals surface area contributed by atoms with E-state index in [0.717, 1.165) is 12.0 Å². The first-order chi connectivity index (χ1) is 12.2. The Morgan fingerprint density at radius 1 is 1.28 bits per heavy atom. The Labute approximate surface area is 147 Å². The first-order valence-electron chi connectivity index (χ1n) is 8.61. The number of carbonyl (C=O) groups excluding carboxylic acids is 2. The number of hydrogen-bond donors (Lipinski definition) is 0. The fourth-order valence-corrected chi connectivity index (χ4v) is 3.15. The summed E-state index contributed by atoms with van der Waals surface area (Å²) in [7, 11) is 0. The number of benzene rings is 1. The highest BCUT2D eigenvalue weighted by molar-refractivity contribution is 5.80. The number of amides is 2. The van der Waals surface area contributed by atoms with Crippen LogP contribution in [0.3, 0.4) is 0 Å². The molecule has 7 heteroatoms. The largest absolute Gasteiger partial charge is 0.339 e. The Bertz CT molecular complexity index is 702. The molecule has 25 heavy (non-hydrogen) atoms. The van der Waals surface area contributed by atoms with Crippen molar-refractivity contribution in [1.29, 1.82) is 0 Å². The molecule has 2 amide bonds. The molecule has 1 fully saturated rings. The standard InChI is InChI=1S/C18H23N5O2/c1-2-16-11-21(18(25)12-22-14-19-13-20-22)9-8-17(24)23(16)10-15-6-4-3-5-7-15/h3-7,13-14,16H,2,8-12H2,1H3/t16-/m0/s1. The molecule has 1 saturated heterocycles. The summed E-state index contributed by atoms with van der Waals surface area (Å²) in [6, 6.07) is 10.0. The molecule has 3 rings (SSSR count). The van der Waals surface area contributed by atoms with Gasteiger partial charge in [0.2, 0.25) is 11.8 Å². The highest BCUT2D eigenvalue weighted by Gasteiger charge is 2.30. The summed E-state index contributed by atoms with van der Waals surface area (Å²) in [6.07, 6.45) is 4.10. The van der Waals surface area contributed by atoms with Crippen molar-refractivity contribution in [2.24, 2.45) is 0 Å². The van der Waals surface area contributed by atoms with Gasteiger partial charge in [0.15, 0.2) is 0 Å². The van der Waals surface area contributed by atoms with E-state index in [-0.39, 0.29) is 24.4 Å². The quantitative estimate of drug-likeness (QED) is 0.822. The second kappa shape index (κ2) is 7.92. The molecule has 0 N–H and O–H groups in total. The van der Waals surface area contributed by atoms with E-state index in [4.69, 9.17) is 0 Å². The van der Waals surface area contributed by atoms with Gasteiger partial charge in [-0.15, -0.1) is 0 Å². The number of carbonyl (C=O) groups is 2. The third-order valence-electron chi connectivity index (χ3n) is 4.57. The predicted molar refractivity (Wildman–Crippen MR) is 92.3 cm³/mol. The van der Waals surface area contributed by atoms with Crippen LogP contribution in [0.5, 0.6) is 0 Å². The molecule has 0 aliphatic carbocycles. The van der Waals surface area contributed by atoms with Gasteiger partial charge in [0.25, 0.3) is 0 Å². The van der Waals surface area contributed by atoms with Crippen molar-refractivity contribution in [1.82, 2.24) is 24.6 Å². The van der Waals surface area contributed by atoms with E-state index in [1.54, 1.807) is 4.90 Å². The molecule has 0 unspecified atom stereocenters. The number of aromatic nitrogens is 3. The Kier molecular flexibility index (Phi) is 5.42. The SMILES string of the molecule is CC[C@H]1CN(C(=O)Cn2cncn2)CCC(=O)N1Cc1ccccc1. The molecular formula is C18H23N5O2. The molecule has 1 aromatic heterocycles. The molecule has 2 heterocycles. The van der Waals surface area contributed by atoms with E-state index in [9.17, 15) is 9.59 Å². The maximum absolute atomic E-state index is 12.6. The zero-order valence-corrected chi connectivity index (χ0v) is 14.4. The number of rotatable bonds is 5. The fourth-order valence-electron chi connectivity index (χ4n) is 3.15. The molecule has 1 aromatic carbocycles. The van der Waals surface area contributed by atoms with Crippen molar-refractivity contribution < 1.29 is 9.59 Å². The van der Waals surface area contributed by atoms with Gasteiger partial charge >= 0.3 is 0 Å². The Balaban J connectivity index is 1.70. The van der Waals surface area contributed by atoms with Crippen LogP contribution >= 0.6 is 0 Å². The molecule has 1 aliphatic rings. The molecule has 7 nitrogen and oxygen atoms in total. The average Bonchev–Trinajstić information content (AvgIpc) is 3.08. The van der Waals surface area contributed by atoms with Crippen molar-refractivity contribution in [2.75, 3.05) is 13.1 Å². The van der Waals surface area contributed by atoms with Crippen LogP contribution in [-0.4, -0.2) is 55.5 Å². The lowest BCUT2D eigenvalue weighted by atomic mass is 10.1. The lowest BCUT2D eigenvalue weighted by molar-refractivity contribution is -0.133. The smallest absolute Gasteiger partial charge is 0.244 e. The van der Waals surface area contributed by atoms with Gasteiger partial charge in [0.1, 0.15) is 19.2 Å². The van der Waals surface area contributed by atoms with Gasteiger partial charge in [-0.3, -0.25) is 9.59 Å². The van der Waals surface area contributed by atoms with Crippen LogP contribution in [-0.2, 0) is 22.7 Å². The fraction of sp³-hybridized carbons (Fsp3) is 0.444. The van der Waals surface area contributed by atoms with Gasteiger partial charge in [-0.1, -0.05) is 37.3 Å². The zero-order chi connectivity index (χ0) is 17.6. The highest BCUT2D eigenvalue weighted by Crippen LogP contribution is 2.18. The lowest BCUT2D eigenvalue weighted by Gasteiger charge is -2.31. The van der Waals surface area contributed by atoms with Crippen LogP contribution in [0.2, 0.25) is 0 Å². The number of nitrogens with zero attached hydrogens (tertiary/aromatic N) is 5. The van der Waals surface area contributed by atoms with Crippen molar-refractivity contribution in [2.45, 2.75) is 38.9 Å². The molecule has 0 radical (unpaired) electrons. The van der Waals surface area contributed by atoms with Crippen molar-refractivity contribution >= 4 is 11.8 Å². The lowest BCUT2D eigenvalue weighted by Crippen LogP contribution is -2.44. The Morgan fingerprint density at radius 2 is 2.08 bits per heavy atom. The summed E-state index contributed by atoms with van der Waals surface area (Å²) in [5, 5.41) is 3.98. The van der Waals surface area contributed by atoms with E-state index < -0.39 is 0 Å². The van der Waals surface area contributed by atoms with E-state index >= 15 is 0 Å². The first-order valence-corrected chi connectivity index (χ1v) is 8.61. The normalized spacial score (nSPS) is 18.3. The molecule has 1 aliphatic heterocycles. The van der Waals surface area contributed by atoms with E-state index in [1.807, 2.05) is 35.2 Å². The molecule has 1 atom stereocenters. The Hall–Kier alpha value is -2.70. The van der Waals surface area contributed by atoms with Gasteiger partial charge in [0.05, 0.1) is 0 Å². The molecule has 2 aromatic rings. The summed E-state index contributed by atoms with van der Waals surface area (Å²) in [5.41, 5.74) is 1.11. The topological polar surface area (TPSA) is 71.3 Å². The number of hydrogen-bond acceptors (Lipinski definition) is 4. The average molecular weight is 341 g/mol. The zero-order valence-electron chi connectivity index (χ0n) is 14.4. The maximum Gasteiger partial charge on any atom is 0.244 e. The summed E-state index contributed by atoms with van der Waals surface area (Å²) in [4.78, 5) is 32.7. The van der Waals surface area contributed by atoms with Crippen LogP contribution in [0.25, 0.3) is 0 Å². The minimum Gasteiger partial charge on any atom is -0.339 e. The second-order valence-electron chi connectivity index (χ2n) is 6.25. The van der Waals surface area contributed by atoms with Gasteiger partial charge in [-0.05, 0) is 12.0 Å². The van der Waals surface area contributed by atoms with Crippen molar-refractivity contribution in [3.63, 3.8) is 0 Å². The highest BCUT2D eigenvalue weighted by atomic mass is 16.2. The summed E-state index contributed by atoms with van der Waals surface area (Å²) < 4.78 is 1.51. The van der Waals surface area contributed by atoms with Gasteiger partial charge in [-0.25, -0.2) is 9.67 Å². The van der Waals surface area contributed by atoms with Gasteiger partial charge in [0, 0.05) is 32.1 Å². The van der Waals surface area contributed by atoms with Crippen molar-refractivity contribution in [3.05, 3.63) is 48.5 Å². The minimum atomic E-state index is -0.0293. The van der Waals surface area contributed by atoms with Crippen molar-refractivity contribution in [3.8, 4) is 0 Å². The molecule has 132 valence electrons. The van der Waals surface area contributed by atoms with Crippen LogP contribution in [0.1, 0.15) is 25.3 Å². The molecule has 0 bridgehead atoms. The Morgan fingerprint density at radius 3 is 2.76 bits per heavy atom. The van der Waals surface area contributed by atoms with Crippen LogP contribution in [0.15, 0.2) is 43.0 Å². The third-order valence-corrected chi connectivity index (χ3v) is 4.57. The van der Waals surface area contributed by atoms with E-state index in [0.29, 0.717) is 26.1 Å². The maximum atomic E-state index is 12.6. The minimum absolute atomic E-state index is 0.0231. The van der Waals surface area contributed by atoms with Gasteiger partial charge in [-0.2, -0.15) is 5.10 Å². The summed E-state index contributed by atoms with van der Waals surface area (Å²) in [6.45, 7) is 3.81. The molecule has 0 spiro atoms. The monoisotopic (exact) mass is 341 g/mol. The van der Waals surface area contributed by atoms with Crippen LogP contribution in [0.4, 0.5) is 0 Å². The summed E-state index contributed by atoms with van der Waals surface area (Å²) >= 11 is 0. The van der Waals surface area contributed by atoms with E-state index in [1.165, 1.54) is 17.3 Å². The summed E-state index contributed by atoms with van der Waals surface area (Å²) in [5.74, 6) is 0.0741. The van der Waals surface area contributed by atoms with Crippen LogP contribution in [0, 0.1) is 0 Å². The first kappa shape index (κ1) is 17.1. The van der Waals surface area contributed by atoms with E-state index in [2.05, 4.69) is 17.0 Å². The third kappa shape index (κ3) is 4.23.